The molecule has 0 saturated heterocycles. The maximum atomic E-state index is 11.0. The first-order valence-corrected chi connectivity index (χ1v) is 14.5. The number of carbonyl (C=O) groups is 1. The third kappa shape index (κ3) is 17.8. The summed E-state index contributed by atoms with van der Waals surface area (Å²) < 4.78 is 5.11. The topological polar surface area (TPSA) is 26.3 Å². The van der Waals surface area contributed by atoms with Crippen molar-refractivity contribution in [2.24, 2.45) is 0 Å². The zero-order valence-corrected chi connectivity index (χ0v) is 22.1. The maximum Gasteiger partial charge on any atom is 0.305 e. The molecule has 0 aliphatic rings. The lowest BCUT2D eigenvalue weighted by Crippen LogP contribution is -2.03. The van der Waals surface area contributed by atoms with Crippen molar-refractivity contribution in [1.82, 2.24) is 0 Å². The van der Waals surface area contributed by atoms with Gasteiger partial charge in [0.05, 0.1) is 6.61 Å². The van der Waals surface area contributed by atoms with Crippen molar-refractivity contribution in [2.75, 3.05) is 6.61 Å². The molecule has 0 heterocycles. The lowest BCUT2D eigenvalue weighted by Gasteiger charge is -2.17. The number of hydrogen-bond acceptors (Lipinski definition) is 2. The monoisotopic (exact) mass is 458 g/mol. The number of esters is 1. The van der Waals surface area contributed by atoms with Crippen LogP contribution < -0.4 is 0 Å². The van der Waals surface area contributed by atoms with E-state index in [-0.39, 0.29) is 5.97 Å². The largest absolute Gasteiger partial charge is 0.466 e. The molecular formula is C31H54O2. The first-order chi connectivity index (χ1) is 16.3. The molecule has 2 heteroatoms. The molecule has 0 fully saturated rings. The molecule has 1 aromatic carbocycles. The second kappa shape index (κ2) is 22.5. The van der Waals surface area contributed by atoms with Gasteiger partial charge in [-0.2, -0.15) is 0 Å². The summed E-state index contributed by atoms with van der Waals surface area (Å²) in [5, 5.41) is 0. The quantitative estimate of drug-likeness (QED) is 0.120. The molecule has 0 radical (unpaired) electrons. The van der Waals surface area contributed by atoms with E-state index in [9.17, 15) is 4.79 Å². The zero-order valence-electron chi connectivity index (χ0n) is 22.1. The number of carbonyl (C=O) groups excluding carboxylic acids is 1. The predicted molar refractivity (Wildman–Crippen MR) is 144 cm³/mol. The second-order valence-corrected chi connectivity index (χ2v) is 9.92. The van der Waals surface area contributed by atoms with Gasteiger partial charge in [-0.25, -0.2) is 0 Å². The molecule has 1 aromatic rings. The van der Waals surface area contributed by atoms with Crippen LogP contribution in [0.1, 0.15) is 154 Å². The molecule has 0 bridgehead atoms. The van der Waals surface area contributed by atoms with Crippen LogP contribution in [0.3, 0.4) is 0 Å². The first kappa shape index (κ1) is 29.7. The van der Waals surface area contributed by atoms with Crippen LogP contribution in [0.15, 0.2) is 30.3 Å². The number of ether oxygens (including phenoxy) is 1. The summed E-state index contributed by atoms with van der Waals surface area (Å²) in [6, 6.07) is 11.2. The number of unbranched alkanes of at least 4 members (excludes halogenated alkanes) is 15. The third-order valence-electron chi connectivity index (χ3n) is 6.93. The SMILES string of the molecule is CCCCC(CCCCCCCCCCCCCCCCCOC(=O)CC)c1ccccc1. The van der Waals surface area contributed by atoms with Crippen LogP contribution in [0.25, 0.3) is 0 Å². The third-order valence-corrected chi connectivity index (χ3v) is 6.93. The Kier molecular flexibility index (Phi) is 20.2. The van der Waals surface area contributed by atoms with Gasteiger partial charge in [0.2, 0.25) is 0 Å². The molecule has 2 nitrogen and oxygen atoms in total. The van der Waals surface area contributed by atoms with Crippen molar-refractivity contribution in [2.45, 2.75) is 148 Å². The van der Waals surface area contributed by atoms with Gasteiger partial charge in [-0.1, -0.05) is 147 Å². The van der Waals surface area contributed by atoms with E-state index in [4.69, 9.17) is 4.74 Å². The Hall–Kier alpha value is -1.31. The molecule has 1 atom stereocenters. The van der Waals surface area contributed by atoms with Crippen LogP contribution in [-0.4, -0.2) is 12.6 Å². The second-order valence-electron chi connectivity index (χ2n) is 9.92. The van der Waals surface area contributed by atoms with Crippen LogP contribution in [0.5, 0.6) is 0 Å². The Bertz CT molecular complexity index is 539. The van der Waals surface area contributed by atoms with Crippen molar-refractivity contribution in [3.63, 3.8) is 0 Å². The summed E-state index contributed by atoms with van der Waals surface area (Å²) >= 11 is 0. The van der Waals surface area contributed by atoms with Gasteiger partial charge in [0.25, 0.3) is 0 Å². The Morgan fingerprint density at radius 2 is 1.09 bits per heavy atom. The minimum absolute atomic E-state index is 0.0650. The minimum Gasteiger partial charge on any atom is -0.466 e. The Labute approximate surface area is 206 Å². The highest BCUT2D eigenvalue weighted by molar-refractivity contribution is 5.68. The number of rotatable bonds is 23. The molecule has 0 saturated carbocycles. The van der Waals surface area contributed by atoms with Crippen LogP contribution in [0.2, 0.25) is 0 Å². The van der Waals surface area contributed by atoms with E-state index in [1.54, 1.807) is 5.56 Å². The molecular weight excluding hydrogens is 404 g/mol. The summed E-state index contributed by atoms with van der Waals surface area (Å²) in [4.78, 5) is 11.0. The maximum absolute atomic E-state index is 11.0. The van der Waals surface area contributed by atoms with Gasteiger partial charge in [0, 0.05) is 6.42 Å². The highest BCUT2D eigenvalue weighted by Crippen LogP contribution is 2.28. The molecule has 1 rings (SSSR count). The van der Waals surface area contributed by atoms with Crippen molar-refractivity contribution in [3.05, 3.63) is 35.9 Å². The Balaban J connectivity index is 1.84. The van der Waals surface area contributed by atoms with Gasteiger partial charge in [0.15, 0.2) is 0 Å². The molecule has 0 aliphatic heterocycles. The van der Waals surface area contributed by atoms with Crippen molar-refractivity contribution < 1.29 is 9.53 Å². The number of hydrogen-bond donors (Lipinski definition) is 0. The van der Waals surface area contributed by atoms with Crippen molar-refractivity contribution in [1.29, 1.82) is 0 Å². The van der Waals surface area contributed by atoms with E-state index in [0.29, 0.717) is 13.0 Å². The normalized spacial score (nSPS) is 12.1. The lowest BCUT2D eigenvalue weighted by atomic mass is 9.88. The first-order valence-electron chi connectivity index (χ1n) is 14.5. The van der Waals surface area contributed by atoms with E-state index in [2.05, 4.69) is 37.3 Å². The average Bonchev–Trinajstić information content (AvgIpc) is 2.85. The fourth-order valence-electron chi connectivity index (χ4n) is 4.73. The van der Waals surface area contributed by atoms with Crippen LogP contribution in [0.4, 0.5) is 0 Å². The van der Waals surface area contributed by atoms with Crippen molar-refractivity contribution in [3.8, 4) is 0 Å². The summed E-state index contributed by atoms with van der Waals surface area (Å²) in [7, 11) is 0. The van der Waals surface area contributed by atoms with Crippen LogP contribution >= 0.6 is 0 Å². The lowest BCUT2D eigenvalue weighted by molar-refractivity contribution is -0.143. The molecule has 1 unspecified atom stereocenters. The van der Waals surface area contributed by atoms with Crippen LogP contribution in [-0.2, 0) is 9.53 Å². The molecule has 190 valence electrons. The van der Waals surface area contributed by atoms with Gasteiger partial charge < -0.3 is 4.74 Å². The fourth-order valence-corrected chi connectivity index (χ4v) is 4.73. The van der Waals surface area contributed by atoms with Gasteiger partial charge >= 0.3 is 5.97 Å². The predicted octanol–water partition coefficient (Wildman–Crippen LogP) is 10.2. The summed E-state index contributed by atoms with van der Waals surface area (Å²) in [5.41, 5.74) is 1.56. The van der Waals surface area contributed by atoms with Crippen molar-refractivity contribution >= 4 is 5.97 Å². The van der Waals surface area contributed by atoms with E-state index in [1.807, 2.05) is 6.92 Å². The van der Waals surface area contributed by atoms with E-state index < -0.39 is 0 Å². The average molecular weight is 459 g/mol. The smallest absolute Gasteiger partial charge is 0.305 e. The van der Waals surface area contributed by atoms with Gasteiger partial charge in [-0.15, -0.1) is 0 Å². The van der Waals surface area contributed by atoms with Gasteiger partial charge in [-0.3, -0.25) is 4.79 Å². The van der Waals surface area contributed by atoms with Gasteiger partial charge in [0.1, 0.15) is 0 Å². The summed E-state index contributed by atoms with van der Waals surface area (Å²) in [6.07, 6.45) is 26.3. The Morgan fingerprint density at radius 3 is 1.58 bits per heavy atom. The Morgan fingerprint density at radius 1 is 0.636 bits per heavy atom. The molecule has 0 aliphatic carbocycles. The molecule has 0 spiro atoms. The summed E-state index contributed by atoms with van der Waals surface area (Å²) in [6.45, 7) is 4.77. The molecule has 0 aromatic heterocycles. The number of benzene rings is 1. The zero-order chi connectivity index (χ0) is 23.8. The summed E-state index contributed by atoms with van der Waals surface area (Å²) in [5.74, 6) is 0.710. The highest BCUT2D eigenvalue weighted by Gasteiger charge is 2.10. The minimum atomic E-state index is -0.0650. The molecule has 0 amide bonds. The van der Waals surface area contributed by atoms with Gasteiger partial charge in [-0.05, 0) is 30.7 Å². The highest BCUT2D eigenvalue weighted by atomic mass is 16.5. The van der Waals surface area contributed by atoms with E-state index in [0.717, 1.165) is 12.3 Å². The standard InChI is InChI=1S/C31H54O2/c1-3-5-24-29(30-26-21-19-22-27-30)25-20-17-15-13-11-9-7-6-8-10-12-14-16-18-23-28-33-31(32)4-2/h19,21-22,26-27,29H,3-18,20,23-25,28H2,1-2H3. The molecule has 0 N–H and O–H groups in total. The fraction of sp³-hybridized carbons (Fsp3) is 0.774. The van der Waals surface area contributed by atoms with E-state index >= 15 is 0 Å². The van der Waals surface area contributed by atoms with E-state index in [1.165, 1.54) is 116 Å². The van der Waals surface area contributed by atoms with Crippen LogP contribution in [0, 0.1) is 0 Å². The molecule has 33 heavy (non-hydrogen) atoms.